The molecule has 1 N–H and O–H groups in total. The van der Waals surface area contributed by atoms with Gasteiger partial charge in [-0.3, -0.25) is 0 Å². The minimum atomic E-state index is 0.230. The van der Waals surface area contributed by atoms with Crippen LogP contribution in [0.25, 0.3) is 0 Å². The van der Waals surface area contributed by atoms with Gasteiger partial charge in [0.25, 0.3) is 0 Å². The number of aliphatic hydroxyl groups is 1. The summed E-state index contributed by atoms with van der Waals surface area (Å²) in [6, 6.07) is 6.09. The number of hydrogen-bond acceptors (Lipinski definition) is 2. The molecule has 0 heterocycles. The summed E-state index contributed by atoms with van der Waals surface area (Å²) in [6.07, 6.45) is 2.12. The van der Waals surface area contributed by atoms with Crippen molar-refractivity contribution in [1.29, 1.82) is 0 Å². The van der Waals surface area contributed by atoms with Gasteiger partial charge in [0.2, 0.25) is 0 Å². The van der Waals surface area contributed by atoms with Crippen LogP contribution < -0.4 is 4.74 Å². The van der Waals surface area contributed by atoms with Crippen LogP contribution in [0.5, 0.6) is 5.75 Å². The van der Waals surface area contributed by atoms with E-state index in [0.717, 1.165) is 18.6 Å². The minimum Gasteiger partial charge on any atom is -0.496 e. The Morgan fingerprint density at radius 3 is 3.08 bits per heavy atom. The highest BCUT2D eigenvalue weighted by Gasteiger charge is 2.24. The second-order valence-corrected chi connectivity index (χ2v) is 3.45. The lowest BCUT2D eigenvalue weighted by Crippen LogP contribution is -2.01. The van der Waals surface area contributed by atoms with Crippen LogP contribution >= 0.6 is 0 Å². The first-order chi connectivity index (χ1) is 6.36. The fourth-order valence-electron chi connectivity index (χ4n) is 2.11. The molecule has 1 aromatic carbocycles. The third-order valence-corrected chi connectivity index (χ3v) is 2.77. The molecule has 0 aliphatic heterocycles. The average Bonchev–Trinajstić information content (AvgIpc) is 2.60. The molecule has 70 valence electrons. The van der Waals surface area contributed by atoms with E-state index in [1.54, 1.807) is 7.11 Å². The zero-order chi connectivity index (χ0) is 9.26. The first-order valence-electron chi connectivity index (χ1n) is 4.63. The molecule has 1 aliphatic rings. The summed E-state index contributed by atoms with van der Waals surface area (Å²) >= 11 is 0. The van der Waals surface area contributed by atoms with Crippen molar-refractivity contribution in [2.45, 2.75) is 18.8 Å². The number of fused-ring (bicyclic) bond motifs is 1. The molecule has 2 heteroatoms. The second kappa shape index (κ2) is 3.38. The Balaban J connectivity index is 2.46. The van der Waals surface area contributed by atoms with E-state index in [1.807, 2.05) is 12.1 Å². The van der Waals surface area contributed by atoms with Crippen molar-refractivity contribution in [3.8, 4) is 5.75 Å². The molecule has 0 aromatic heterocycles. The highest BCUT2D eigenvalue weighted by atomic mass is 16.5. The van der Waals surface area contributed by atoms with Crippen molar-refractivity contribution >= 4 is 0 Å². The van der Waals surface area contributed by atoms with Crippen LogP contribution in [0.4, 0.5) is 0 Å². The number of aryl methyl sites for hydroxylation is 1. The van der Waals surface area contributed by atoms with E-state index in [9.17, 15) is 5.11 Å². The van der Waals surface area contributed by atoms with Gasteiger partial charge in [0.15, 0.2) is 0 Å². The van der Waals surface area contributed by atoms with Gasteiger partial charge in [0, 0.05) is 11.5 Å². The Labute approximate surface area is 78.2 Å². The highest BCUT2D eigenvalue weighted by molar-refractivity contribution is 5.45. The maximum atomic E-state index is 9.18. The van der Waals surface area contributed by atoms with E-state index in [4.69, 9.17) is 4.74 Å². The van der Waals surface area contributed by atoms with Gasteiger partial charge in [-0.2, -0.15) is 0 Å². The topological polar surface area (TPSA) is 29.5 Å². The maximum Gasteiger partial charge on any atom is 0.122 e. The smallest absolute Gasteiger partial charge is 0.122 e. The zero-order valence-electron chi connectivity index (χ0n) is 7.79. The SMILES string of the molecule is COc1cccc2c1C(CO)CC2. The molecule has 0 fully saturated rings. The van der Waals surface area contributed by atoms with Gasteiger partial charge in [-0.25, -0.2) is 0 Å². The summed E-state index contributed by atoms with van der Waals surface area (Å²) < 4.78 is 5.28. The Morgan fingerprint density at radius 2 is 2.38 bits per heavy atom. The van der Waals surface area contributed by atoms with E-state index in [0.29, 0.717) is 0 Å². The van der Waals surface area contributed by atoms with Crippen molar-refractivity contribution in [3.63, 3.8) is 0 Å². The highest BCUT2D eigenvalue weighted by Crippen LogP contribution is 2.38. The van der Waals surface area contributed by atoms with Crippen LogP contribution in [0.1, 0.15) is 23.5 Å². The predicted octanol–water partition coefficient (Wildman–Crippen LogP) is 1.72. The molecular formula is C11H14O2. The minimum absolute atomic E-state index is 0.230. The molecule has 1 aliphatic carbocycles. The van der Waals surface area contributed by atoms with E-state index in [1.165, 1.54) is 11.1 Å². The van der Waals surface area contributed by atoms with Gasteiger partial charge in [0.05, 0.1) is 13.7 Å². The van der Waals surface area contributed by atoms with Crippen LogP contribution in [-0.2, 0) is 6.42 Å². The van der Waals surface area contributed by atoms with Crippen molar-refractivity contribution in [3.05, 3.63) is 29.3 Å². The number of rotatable bonds is 2. The van der Waals surface area contributed by atoms with Crippen LogP contribution in [0.15, 0.2) is 18.2 Å². The number of hydrogen-bond donors (Lipinski definition) is 1. The lowest BCUT2D eigenvalue weighted by atomic mass is 10.0. The molecule has 0 saturated carbocycles. The molecule has 0 bridgehead atoms. The Hall–Kier alpha value is -1.02. The van der Waals surface area contributed by atoms with Crippen LogP contribution in [0, 0.1) is 0 Å². The van der Waals surface area contributed by atoms with Gasteiger partial charge in [-0.15, -0.1) is 0 Å². The van der Waals surface area contributed by atoms with Gasteiger partial charge in [0.1, 0.15) is 5.75 Å². The molecule has 13 heavy (non-hydrogen) atoms. The van der Waals surface area contributed by atoms with Crippen molar-refractivity contribution in [1.82, 2.24) is 0 Å². The van der Waals surface area contributed by atoms with Gasteiger partial charge in [-0.1, -0.05) is 12.1 Å². The normalized spacial score (nSPS) is 20.0. The fourth-order valence-corrected chi connectivity index (χ4v) is 2.11. The number of aliphatic hydroxyl groups excluding tert-OH is 1. The molecular weight excluding hydrogens is 164 g/mol. The summed E-state index contributed by atoms with van der Waals surface area (Å²) in [5.74, 6) is 1.21. The molecule has 1 aromatic rings. The van der Waals surface area contributed by atoms with Crippen molar-refractivity contribution in [2.24, 2.45) is 0 Å². The largest absolute Gasteiger partial charge is 0.496 e. The fraction of sp³-hybridized carbons (Fsp3) is 0.455. The summed E-state index contributed by atoms with van der Waals surface area (Å²) in [5.41, 5.74) is 2.55. The molecule has 2 nitrogen and oxygen atoms in total. The van der Waals surface area contributed by atoms with Crippen molar-refractivity contribution in [2.75, 3.05) is 13.7 Å². The van der Waals surface area contributed by atoms with Crippen molar-refractivity contribution < 1.29 is 9.84 Å². The second-order valence-electron chi connectivity index (χ2n) is 3.45. The summed E-state index contributed by atoms with van der Waals surface area (Å²) in [5, 5.41) is 9.18. The van der Waals surface area contributed by atoms with Gasteiger partial charge in [-0.05, 0) is 24.5 Å². The third-order valence-electron chi connectivity index (χ3n) is 2.77. The lowest BCUT2D eigenvalue weighted by Gasteiger charge is -2.12. The van der Waals surface area contributed by atoms with Gasteiger partial charge >= 0.3 is 0 Å². The molecule has 1 atom stereocenters. The van der Waals surface area contributed by atoms with Crippen LogP contribution in [0.3, 0.4) is 0 Å². The molecule has 2 rings (SSSR count). The number of ether oxygens (including phenoxy) is 1. The number of benzene rings is 1. The molecule has 0 saturated heterocycles. The monoisotopic (exact) mass is 178 g/mol. The molecule has 1 unspecified atom stereocenters. The summed E-state index contributed by atoms with van der Waals surface area (Å²) in [7, 11) is 1.68. The average molecular weight is 178 g/mol. The van der Waals surface area contributed by atoms with E-state index < -0.39 is 0 Å². The molecule has 0 spiro atoms. The van der Waals surface area contributed by atoms with E-state index in [2.05, 4.69) is 6.07 Å². The quantitative estimate of drug-likeness (QED) is 0.747. The van der Waals surface area contributed by atoms with Crippen LogP contribution in [0.2, 0.25) is 0 Å². The first kappa shape index (κ1) is 8.57. The van der Waals surface area contributed by atoms with E-state index in [-0.39, 0.29) is 12.5 Å². The van der Waals surface area contributed by atoms with Crippen LogP contribution in [-0.4, -0.2) is 18.8 Å². The Morgan fingerprint density at radius 1 is 1.54 bits per heavy atom. The molecule has 0 radical (unpaired) electrons. The maximum absolute atomic E-state index is 9.18. The number of methoxy groups -OCH3 is 1. The summed E-state index contributed by atoms with van der Waals surface area (Å²) in [4.78, 5) is 0. The standard InChI is InChI=1S/C11H14O2/c1-13-10-4-2-3-8-5-6-9(7-12)11(8)10/h2-4,9,12H,5-7H2,1H3. The Kier molecular flexibility index (Phi) is 2.23. The third kappa shape index (κ3) is 1.31. The zero-order valence-corrected chi connectivity index (χ0v) is 7.79. The predicted molar refractivity (Wildman–Crippen MR) is 51.1 cm³/mol. The van der Waals surface area contributed by atoms with E-state index >= 15 is 0 Å². The molecule has 0 amide bonds. The lowest BCUT2D eigenvalue weighted by molar-refractivity contribution is 0.262. The Bertz CT molecular complexity index is 307. The first-order valence-corrected chi connectivity index (χ1v) is 4.63. The van der Waals surface area contributed by atoms with Gasteiger partial charge < -0.3 is 9.84 Å². The summed E-state index contributed by atoms with van der Waals surface area (Å²) in [6.45, 7) is 0.230.